The van der Waals surface area contributed by atoms with Gasteiger partial charge in [0.05, 0.1) is 10.3 Å². The third kappa shape index (κ3) is 6.92. The maximum absolute atomic E-state index is 12.0. The highest BCUT2D eigenvalue weighted by atomic mass is 32.2. The Morgan fingerprint density at radius 1 is 1.03 bits per heavy atom. The number of hydroxylamine groups is 2. The Labute approximate surface area is 187 Å². The van der Waals surface area contributed by atoms with Gasteiger partial charge in [0.25, 0.3) is 0 Å². The van der Waals surface area contributed by atoms with Gasteiger partial charge in [-0.3, -0.25) is 0 Å². The van der Waals surface area contributed by atoms with E-state index in [0.29, 0.717) is 16.9 Å². The molecule has 0 amide bonds. The SMILES string of the molecule is CC(C)(C)C(=O)ON1CCC(CNC2CCN(c3ccc(S(C)(=O)=O)cc3)CC2)CC1. The molecule has 2 fully saturated rings. The van der Waals surface area contributed by atoms with Gasteiger partial charge in [0.1, 0.15) is 0 Å². The van der Waals surface area contributed by atoms with Gasteiger partial charge in [0.2, 0.25) is 0 Å². The van der Waals surface area contributed by atoms with Crippen LogP contribution in [0.4, 0.5) is 5.69 Å². The van der Waals surface area contributed by atoms with Crippen LogP contribution in [0.3, 0.4) is 0 Å². The first-order chi connectivity index (χ1) is 14.5. The number of hydrogen-bond donors (Lipinski definition) is 1. The van der Waals surface area contributed by atoms with Crippen molar-refractivity contribution in [2.45, 2.75) is 57.4 Å². The molecular formula is C23H37N3O4S. The fraction of sp³-hybridized carbons (Fsp3) is 0.696. The van der Waals surface area contributed by atoms with Crippen LogP contribution in [0.2, 0.25) is 0 Å². The lowest BCUT2D eigenvalue weighted by molar-refractivity contribution is -0.205. The van der Waals surface area contributed by atoms with E-state index in [1.54, 1.807) is 12.1 Å². The minimum absolute atomic E-state index is 0.165. The summed E-state index contributed by atoms with van der Waals surface area (Å²) < 4.78 is 23.2. The number of carbonyl (C=O) groups excluding carboxylic acids is 1. The standard InChI is InChI=1S/C23H37N3O4S/c1-23(2,3)22(27)30-26-15-9-18(10-16-26)17-24-19-11-13-25(14-12-19)20-5-7-21(8-6-20)31(4,28)29/h5-8,18-19,24H,9-17H2,1-4H3. The van der Waals surface area contributed by atoms with Crippen LogP contribution in [-0.2, 0) is 19.5 Å². The average molecular weight is 452 g/mol. The Bertz CT molecular complexity index is 833. The summed E-state index contributed by atoms with van der Waals surface area (Å²) in [6, 6.07) is 7.72. The lowest BCUT2D eigenvalue weighted by Gasteiger charge is -2.36. The average Bonchev–Trinajstić information content (AvgIpc) is 2.72. The Morgan fingerprint density at radius 2 is 1.61 bits per heavy atom. The molecule has 31 heavy (non-hydrogen) atoms. The summed E-state index contributed by atoms with van der Waals surface area (Å²) in [7, 11) is -3.15. The first-order valence-corrected chi connectivity index (χ1v) is 13.2. The Morgan fingerprint density at radius 3 is 2.13 bits per heavy atom. The fourth-order valence-corrected chi connectivity index (χ4v) is 4.67. The molecule has 1 aromatic rings. The minimum Gasteiger partial charge on any atom is -0.371 e. The molecule has 3 rings (SSSR count). The van der Waals surface area contributed by atoms with E-state index in [1.165, 1.54) is 6.26 Å². The number of sulfone groups is 1. The molecule has 2 aliphatic rings. The second kappa shape index (κ2) is 9.88. The molecule has 1 aromatic carbocycles. The lowest BCUT2D eigenvalue weighted by Crippen LogP contribution is -2.45. The van der Waals surface area contributed by atoms with Crippen molar-refractivity contribution in [3.8, 4) is 0 Å². The van der Waals surface area contributed by atoms with Gasteiger partial charge in [-0.25, -0.2) is 13.2 Å². The van der Waals surface area contributed by atoms with Crippen LogP contribution in [0.1, 0.15) is 46.5 Å². The summed E-state index contributed by atoms with van der Waals surface area (Å²) >= 11 is 0. The van der Waals surface area contributed by atoms with Gasteiger partial charge in [0.15, 0.2) is 9.84 Å². The molecule has 0 saturated carbocycles. The molecule has 0 radical (unpaired) electrons. The Kier molecular flexibility index (Phi) is 7.65. The number of hydrogen-bond acceptors (Lipinski definition) is 7. The molecule has 2 saturated heterocycles. The predicted octanol–water partition coefficient (Wildman–Crippen LogP) is 2.86. The van der Waals surface area contributed by atoms with E-state index < -0.39 is 15.3 Å². The fourth-order valence-electron chi connectivity index (χ4n) is 4.04. The number of carbonyl (C=O) groups is 1. The van der Waals surface area contributed by atoms with Crippen LogP contribution < -0.4 is 10.2 Å². The smallest absolute Gasteiger partial charge is 0.330 e. The van der Waals surface area contributed by atoms with Gasteiger partial charge in [-0.15, -0.1) is 5.06 Å². The second-order valence-corrected chi connectivity index (χ2v) is 12.0. The van der Waals surface area contributed by atoms with E-state index in [2.05, 4.69) is 10.2 Å². The number of nitrogens with zero attached hydrogens (tertiary/aromatic N) is 2. The quantitative estimate of drug-likeness (QED) is 0.712. The van der Waals surface area contributed by atoms with Crippen molar-refractivity contribution in [1.82, 2.24) is 10.4 Å². The van der Waals surface area contributed by atoms with Gasteiger partial charge in [-0.05, 0) is 83.2 Å². The Hall–Kier alpha value is -1.64. The van der Waals surface area contributed by atoms with Gasteiger partial charge in [0, 0.05) is 44.2 Å². The van der Waals surface area contributed by atoms with E-state index in [0.717, 1.165) is 64.1 Å². The summed E-state index contributed by atoms with van der Waals surface area (Å²) in [5.74, 6) is 0.452. The number of anilines is 1. The van der Waals surface area contributed by atoms with Crippen LogP contribution >= 0.6 is 0 Å². The third-order valence-corrected chi connectivity index (χ3v) is 7.35. The maximum atomic E-state index is 12.0. The molecule has 2 aliphatic heterocycles. The Balaban J connectivity index is 1.36. The summed E-state index contributed by atoms with van der Waals surface area (Å²) in [5, 5.41) is 5.56. The minimum atomic E-state index is -3.15. The van der Waals surface area contributed by atoms with E-state index in [1.807, 2.05) is 38.0 Å². The van der Waals surface area contributed by atoms with Gasteiger partial charge in [-0.2, -0.15) is 0 Å². The van der Waals surface area contributed by atoms with E-state index in [9.17, 15) is 13.2 Å². The van der Waals surface area contributed by atoms with Crippen LogP contribution in [0.25, 0.3) is 0 Å². The first-order valence-electron chi connectivity index (χ1n) is 11.3. The second-order valence-electron chi connectivity index (χ2n) is 9.94. The monoisotopic (exact) mass is 451 g/mol. The van der Waals surface area contributed by atoms with Gasteiger partial charge >= 0.3 is 5.97 Å². The van der Waals surface area contributed by atoms with Crippen molar-refractivity contribution in [3.63, 3.8) is 0 Å². The summed E-state index contributed by atoms with van der Waals surface area (Å²) in [6.45, 7) is 10.2. The largest absolute Gasteiger partial charge is 0.371 e. The number of rotatable bonds is 6. The van der Waals surface area contributed by atoms with Crippen molar-refractivity contribution in [1.29, 1.82) is 0 Å². The molecular weight excluding hydrogens is 414 g/mol. The van der Waals surface area contributed by atoms with Gasteiger partial charge in [-0.1, -0.05) is 0 Å². The normalized spacial score (nSPS) is 20.1. The van der Waals surface area contributed by atoms with E-state index >= 15 is 0 Å². The van der Waals surface area contributed by atoms with Crippen molar-refractivity contribution in [2.75, 3.05) is 43.9 Å². The van der Waals surface area contributed by atoms with Gasteiger partial charge < -0.3 is 15.1 Å². The zero-order valence-electron chi connectivity index (χ0n) is 19.3. The zero-order chi connectivity index (χ0) is 22.6. The third-order valence-electron chi connectivity index (χ3n) is 6.22. The maximum Gasteiger partial charge on any atom is 0.330 e. The lowest BCUT2D eigenvalue weighted by atomic mass is 9.96. The molecule has 174 valence electrons. The van der Waals surface area contributed by atoms with Crippen molar-refractivity contribution < 1.29 is 18.0 Å². The van der Waals surface area contributed by atoms with Crippen LogP contribution in [0, 0.1) is 11.3 Å². The van der Waals surface area contributed by atoms with Crippen molar-refractivity contribution in [3.05, 3.63) is 24.3 Å². The number of nitrogens with one attached hydrogen (secondary N) is 1. The van der Waals surface area contributed by atoms with E-state index in [-0.39, 0.29) is 5.97 Å². The highest BCUT2D eigenvalue weighted by Crippen LogP contribution is 2.24. The van der Waals surface area contributed by atoms with Crippen molar-refractivity contribution >= 4 is 21.5 Å². The highest BCUT2D eigenvalue weighted by molar-refractivity contribution is 7.90. The zero-order valence-corrected chi connectivity index (χ0v) is 20.1. The predicted molar refractivity (Wildman–Crippen MR) is 123 cm³/mol. The molecule has 2 heterocycles. The van der Waals surface area contributed by atoms with Crippen LogP contribution in [0.5, 0.6) is 0 Å². The van der Waals surface area contributed by atoms with Crippen molar-refractivity contribution in [2.24, 2.45) is 11.3 Å². The molecule has 0 aliphatic carbocycles. The summed E-state index contributed by atoms with van der Waals surface area (Å²) in [6.07, 6.45) is 5.47. The summed E-state index contributed by atoms with van der Waals surface area (Å²) in [5.41, 5.74) is 0.617. The molecule has 0 unspecified atom stereocenters. The number of benzene rings is 1. The summed E-state index contributed by atoms with van der Waals surface area (Å²) in [4.78, 5) is 20.2. The van der Waals surface area contributed by atoms with Crippen LogP contribution in [-0.4, -0.2) is 64.5 Å². The van der Waals surface area contributed by atoms with Crippen LogP contribution in [0.15, 0.2) is 29.2 Å². The molecule has 0 bridgehead atoms. The highest BCUT2D eigenvalue weighted by Gasteiger charge is 2.29. The molecule has 1 N–H and O–H groups in total. The molecule has 0 aromatic heterocycles. The molecule has 0 spiro atoms. The molecule has 8 heteroatoms. The first kappa shape index (κ1) is 24.0. The topological polar surface area (TPSA) is 79.0 Å². The number of piperidine rings is 2. The molecule has 0 atom stereocenters. The van der Waals surface area contributed by atoms with E-state index in [4.69, 9.17) is 4.84 Å². The molecule has 7 nitrogen and oxygen atoms in total.